The predicted molar refractivity (Wildman–Crippen MR) is 78.7 cm³/mol. The Kier molecular flexibility index (Phi) is 4.10. The molecule has 1 aliphatic heterocycles. The summed E-state index contributed by atoms with van der Waals surface area (Å²) in [5.41, 5.74) is 2.58. The van der Waals surface area contributed by atoms with Gasteiger partial charge in [0.15, 0.2) is 0 Å². The highest BCUT2D eigenvalue weighted by Crippen LogP contribution is 2.39. The van der Waals surface area contributed by atoms with Gasteiger partial charge in [-0.2, -0.15) is 5.10 Å². The lowest BCUT2D eigenvalue weighted by molar-refractivity contribution is -0.0742. The first kappa shape index (κ1) is 14.0. The molecule has 20 heavy (non-hydrogen) atoms. The number of morpholine rings is 1. The van der Waals surface area contributed by atoms with Crippen LogP contribution in [0, 0.1) is 0 Å². The van der Waals surface area contributed by atoms with E-state index < -0.39 is 0 Å². The van der Waals surface area contributed by atoms with Gasteiger partial charge in [0.25, 0.3) is 0 Å². The molecule has 0 bridgehead atoms. The number of likely N-dealkylation sites (N-methyl/N-ethyl adjacent to an activating group) is 1. The number of aryl methyl sites for hydroxylation is 2. The SMILES string of the molecule is CCc1nn(C)cc1C1C(CNC)OCCN1C1CC1. The number of hydrogen-bond donors (Lipinski definition) is 1. The van der Waals surface area contributed by atoms with Crippen LogP contribution in [-0.2, 0) is 18.2 Å². The number of rotatable bonds is 5. The van der Waals surface area contributed by atoms with E-state index in [9.17, 15) is 0 Å². The van der Waals surface area contributed by atoms with Gasteiger partial charge in [-0.1, -0.05) is 6.92 Å². The molecule has 1 aliphatic carbocycles. The monoisotopic (exact) mass is 278 g/mol. The zero-order valence-electron chi connectivity index (χ0n) is 12.8. The molecule has 5 heteroatoms. The summed E-state index contributed by atoms with van der Waals surface area (Å²) >= 11 is 0. The summed E-state index contributed by atoms with van der Waals surface area (Å²) in [4.78, 5) is 2.65. The molecule has 1 saturated heterocycles. The van der Waals surface area contributed by atoms with Crippen LogP contribution in [0.4, 0.5) is 0 Å². The van der Waals surface area contributed by atoms with Crippen LogP contribution in [-0.4, -0.2) is 53.6 Å². The normalized spacial score (nSPS) is 27.9. The third-order valence-electron chi connectivity index (χ3n) is 4.40. The summed E-state index contributed by atoms with van der Waals surface area (Å²) in [7, 11) is 4.02. The number of hydrogen-bond acceptors (Lipinski definition) is 4. The van der Waals surface area contributed by atoms with E-state index in [4.69, 9.17) is 4.74 Å². The average Bonchev–Trinajstić information content (AvgIpc) is 3.22. The van der Waals surface area contributed by atoms with Crippen LogP contribution in [0.25, 0.3) is 0 Å². The first-order valence-corrected chi connectivity index (χ1v) is 7.79. The summed E-state index contributed by atoms with van der Waals surface area (Å²) in [6.45, 7) is 4.98. The lowest BCUT2D eigenvalue weighted by Crippen LogP contribution is -2.49. The fourth-order valence-corrected chi connectivity index (χ4v) is 3.39. The van der Waals surface area contributed by atoms with E-state index in [1.165, 1.54) is 24.1 Å². The molecule has 1 saturated carbocycles. The van der Waals surface area contributed by atoms with Crippen molar-refractivity contribution >= 4 is 0 Å². The molecule has 2 fully saturated rings. The van der Waals surface area contributed by atoms with Gasteiger partial charge < -0.3 is 10.1 Å². The Morgan fingerprint density at radius 1 is 1.45 bits per heavy atom. The third kappa shape index (κ3) is 2.62. The minimum Gasteiger partial charge on any atom is -0.374 e. The van der Waals surface area contributed by atoms with Crippen LogP contribution >= 0.6 is 0 Å². The van der Waals surface area contributed by atoms with Crippen LogP contribution in [0.3, 0.4) is 0 Å². The van der Waals surface area contributed by atoms with Crippen molar-refractivity contribution in [1.82, 2.24) is 20.0 Å². The molecule has 5 nitrogen and oxygen atoms in total. The first-order chi connectivity index (χ1) is 9.74. The van der Waals surface area contributed by atoms with Crippen LogP contribution in [0.5, 0.6) is 0 Å². The Hall–Kier alpha value is -0.910. The quantitative estimate of drug-likeness (QED) is 0.876. The van der Waals surface area contributed by atoms with E-state index in [0.717, 1.165) is 32.2 Å². The Labute approximate surface area is 121 Å². The number of nitrogens with one attached hydrogen (secondary N) is 1. The molecule has 0 aromatic carbocycles. The van der Waals surface area contributed by atoms with E-state index in [1.54, 1.807) is 0 Å². The fraction of sp³-hybridized carbons (Fsp3) is 0.800. The van der Waals surface area contributed by atoms with Gasteiger partial charge in [-0.05, 0) is 26.3 Å². The molecular formula is C15H26N4O. The average molecular weight is 278 g/mol. The lowest BCUT2D eigenvalue weighted by Gasteiger charge is -2.41. The van der Waals surface area contributed by atoms with E-state index >= 15 is 0 Å². The standard InChI is InChI=1S/C15H26N4O/c1-4-13-12(10-18(3)17-13)15-14(9-16-2)20-8-7-19(15)11-5-6-11/h10-11,14-16H,4-9H2,1-3H3. The number of ether oxygens (including phenoxy) is 1. The van der Waals surface area contributed by atoms with Gasteiger partial charge in [-0.3, -0.25) is 9.58 Å². The Morgan fingerprint density at radius 2 is 2.25 bits per heavy atom. The fourth-order valence-electron chi connectivity index (χ4n) is 3.39. The Balaban J connectivity index is 1.93. The van der Waals surface area contributed by atoms with E-state index in [0.29, 0.717) is 6.04 Å². The van der Waals surface area contributed by atoms with E-state index in [-0.39, 0.29) is 6.10 Å². The zero-order valence-corrected chi connectivity index (χ0v) is 12.8. The second-order valence-electron chi connectivity index (χ2n) is 5.94. The van der Waals surface area contributed by atoms with Gasteiger partial charge in [0.1, 0.15) is 0 Å². The van der Waals surface area contributed by atoms with Crippen LogP contribution < -0.4 is 5.32 Å². The summed E-state index contributed by atoms with van der Waals surface area (Å²) in [5, 5.41) is 7.91. The summed E-state index contributed by atoms with van der Waals surface area (Å²) in [6.07, 6.45) is 6.08. The Morgan fingerprint density at radius 3 is 2.90 bits per heavy atom. The summed E-state index contributed by atoms with van der Waals surface area (Å²) in [6, 6.07) is 1.11. The van der Waals surface area contributed by atoms with Crippen molar-refractivity contribution in [1.29, 1.82) is 0 Å². The topological polar surface area (TPSA) is 42.3 Å². The molecule has 1 aromatic heterocycles. The maximum atomic E-state index is 6.06. The molecule has 1 N–H and O–H groups in total. The highest BCUT2D eigenvalue weighted by Gasteiger charge is 2.42. The van der Waals surface area contributed by atoms with E-state index in [1.807, 2.05) is 18.8 Å². The lowest BCUT2D eigenvalue weighted by atomic mass is 9.97. The number of aromatic nitrogens is 2. The van der Waals surface area contributed by atoms with Crippen LogP contribution in [0.1, 0.15) is 37.1 Å². The molecule has 2 aliphatic rings. The molecule has 2 heterocycles. The predicted octanol–water partition coefficient (Wildman–Crippen LogP) is 1.11. The van der Waals surface area contributed by atoms with Gasteiger partial charge in [0, 0.05) is 37.9 Å². The van der Waals surface area contributed by atoms with Gasteiger partial charge in [-0.25, -0.2) is 0 Å². The zero-order chi connectivity index (χ0) is 14.1. The van der Waals surface area contributed by atoms with Crippen molar-refractivity contribution in [3.05, 3.63) is 17.5 Å². The second-order valence-corrected chi connectivity index (χ2v) is 5.94. The van der Waals surface area contributed by atoms with Crippen LogP contribution in [0.15, 0.2) is 6.20 Å². The van der Waals surface area contributed by atoms with Crippen molar-refractivity contribution in [3.8, 4) is 0 Å². The van der Waals surface area contributed by atoms with E-state index in [2.05, 4.69) is 28.4 Å². The smallest absolute Gasteiger partial charge is 0.0897 e. The highest BCUT2D eigenvalue weighted by molar-refractivity contribution is 5.24. The summed E-state index contributed by atoms with van der Waals surface area (Å²) < 4.78 is 8.01. The van der Waals surface area contributed by atoms with Gasteiger partial charge in [-0.15, -0.1) is 0 Å². The van der Waals surface area contributed by atoms with Gasteiger partial charge in [0.05, 0.1) is 24.4 Å². The maximum absolute atomic E-state index is 6.06. The molecular weight excluding hydrogens is 252 g/mol. The minimum absolute atomic E-state index is 0.226. The first-order valence-electron chi connectivity index (χ1n) is 7.79. The number of nitrogens with zero attached hydrogens (tertiary/aromatic N) is 3. The highest BCUT2D eigenvalue weighted by atomic mass is 16.5. The minimum atomic E-state index is 0.226. The largest absolute Gasteiger partial charge is 0.374 e. The van der Waals surface area contributed by atoms with Gasteiger partial charge >= 0.3 is 0 Å². The molecule has 3 rings (SSSR count). The van der Waals surface area contributed by atoms with Crippen molar-refractivity contribution in [2.24, 2.45) is 7.05 Å². The molecule has 0 radical (unpaired) electrons. The van der Waals surface area contributed by atoms with Gasteiger partial charge in [0.2, 0.25) is 0 Å². The molecule has 0 amide bonds. The molecule has 2 atom stereocenters. The third-order valence-corrected chi connectivity index (χ3v) is 4.40. The van der Waals surface area contributed by atoms with Crippen molar-refractivity contribution < 1.29 is 4.74 Å². The Bertz CT molecular complexity index is 453. The summed E-state index contributed by atoms with van der Waals surface area (Å²) in [5.74, 6) is 0. The molecule has 0 spiro atoms. The molecule has 112 valence electrons. The second kappa shape index (κ2) is 5.84. The molecule has 2 unspecified atom stereocenters. The van der Waals surface area contributed by atoms with Crippen LogP contribution in [0.2, 0.25) is 0 Å². The van der Waals surface area contributed by atoms with Crippen molar-refractivity contribution in [2.75, 3.05) is 26.7 Å². The maximum Gasteiger partial charge on any atom is 0.0897 e. The molecule has 1 aromatic rings. The van der Waals surface area contributed by atoms with Crippen molar-refractivity contribution in [3.63, 3.8) is 0 Å². The van der Waals surface area contributed by atoms with Crippen molar-refractivity contribution in [2.45, 2.75) is 44.4 Å².